The predicted octanol–water partition coefficient (Wildman–Crippen LogP) is 3.22. The van der Waals surface area contributed by atoms with Crippen LogP contribution in [0.3, 0.4) is 0 Å². The zero-order valence-corrected chi connectivity index (χ0v) is 17.5. The smallest absolute Gasteiger partial charge is 0.191 e. The second-order valence-electron chi connectivity index (χ2n) is 6.94. The van der Waals surface area contributed by atoms with Crippen LogP contribution < -0.4 is 15.5 Å². The summed E-state index contributed by atoms with van der Waals surface area (Å²) in [6, 6.07) is 0. The lowest BCUT2D eigenvalue weighted by Gasteiger charge is -2.14. The molecule has 2 aromatic heterocycles. The van der Waals surface area contributed by atoms with Gasteiger partial charge in [-0.2, -0.15) is 0 Å². The van der Waals surface area contributed by atoms with Gasteiger partial charge in [-0.15, -0.1) is 22.7 Å². The summed E-state index contributed by atoms with van der Waals surface area (Å²) in [7, 11) is 3.99. The molecule has 0 radical (unpaired) electrons. The van der Waals surface area contributed by atoms with Crippen molar-refractivity contribution in [2.45, 2.75) is 46.2 Å². The van der Waals surface area contributed by atoms with Crippen molar-refractivity contribution in [2.24, 2.45) is 4.99 Å². The maximum atomic E-state index is 4.71. The highest BCUT2D eigenvalue weighted by molar-refractivity contribution is 7.13. The number of guanidine groups is 1. The lowest BCUT2D eigenvalue weighted by molar-refractivity contribution is 0.570. The molecule has 0 unspecified atom stereocenters. The molecule has 2 rings (SSSR count). The molecule has 138 valence electrons. The first-order valence-corrected chi connectivity index (χ1v) is 10.1. The normalized spacial score (nSPS) is 12.3. The van der Waals surface area contributed by atoms with Gasteiger partial charge in [-0.25, -0.2) is 15.0 Å². The summed E-state index contributed by atoms with van der Waals surface area (Å²) in [4.78, 5) is 15.9. The number of hydrogen-bond acceptors (Lipinski definition) is 6. The molecule has 0 saturated heterocycles. The maximum Gasteiger partial charge on any atom is 0.191 e. The van der Waals surface area contributed by atoms with Gasteiger partial charge in [0.05, 0.1) is 24.5 Å². The average molecular weight is 381 g/mol. The number of aromatic nitrogens is 2. The van der Waals surface area contributed by atoms with Crippen molar-refractivity contribution in [2.75, 3.05) is 25.5 Å². The minimum atomic E-state index is 0.0854. The Morgan fingerprint density at radius 2 is 1.92 bits per heavy atom. The van der Waals surface area contributed by atoms with Crippen molar-refractivity contribution in [1.82, 2.24) is 20.6 Å². The fourth-order valence-corrected chi connectivity index (χ4v) is 3.68. The van der Waals surface area contributed by atoms with E-state index in [1.54, 1.807) is 22.7 Å². The topological polar surface area (TPSA) is 65.4 Å². The van der Waals surface area contributed by atoms with Gasteiger partial charge in [0.1, 0.15) is 5.01 Å². The van der Waals surface area contributed by atoms with Gasteiger partial charge in [0.25, 0.3) is 0 Å². The van der Waals surface area contributed by atoms with Gasteiger partial charge in [-0.3, -0.25) is 0 Å². The Kier molecular flexibility index (Phi) is 6.78. The van der Waals surface area contributed by atoms with Crippen LogP contribution in [0.25, 0.3) is 0 Å². The number of hydrogen-bond donors (Lipinski definition) is 2. The number of nitrogens with one attached hydrogen (secondary N) is 2. The number of rotatable bonds is 6. The van der Waals surface area contributed by atoms with Gasteiger partial charge in [-0.05, 0) is 6.92 Å². The van der Waals surface area contributed by atoms with Crippen LogP contribution in [0.5, 0.6) is 0 Å². The van der Waals surface area contributed by atoms with Crippen molar-refractivity contribution < 1.29 is 0 Å². The van der Waals surface area contributed by atoms with Gasteiger partial charge >= 0.3 is 0 Å². The van der Waals surface area contributed by atoms with Crippen LogP contribution in [-0.2, 0) is 18.5 Å². The fourth-order valence-electron chi connectivity index (χ4n) is 1.97. The van der Waals surface area contributed by atoms with Crippen LogP contribution in [-0.4, -0.2) is 36.6 Å². The summed E-state index contributed by atoms with van der Waals surface area (Å²) in [6.07, 6.45) is 0. The molecule has 0 amide bonds. The lowest BCUT2D eigenvalue weighted by Crippen LogP contribution is -2.36. The van der Waals surface area contributed by atoms with E-state index in [1.807, 2.05) is 19.0 Å². The van der Waals surface area contributed by atoms with E-state index in [0.29, 0.717) is 13.1 Å². The fraction of sp³-hybridized carbons (Fsp3) is 0.588. The third-order valence-corrected chi connectivity index (χ3v) is 5.30. The SMILES string of the molecule is CCNC(=NCc1csc(N(C)C)n1)NCc1nc(C(C)(C)C)cs1. The summed E-state index contributed by atoms with van der Waals surface area (Å²) >= 11 is 3.32. The predicted molar refractivity (Wildman–Crippen MR) is 109 cm³/mol. The molecule has 2 aromatic rings. The highest BCUT2D eigenvalue weighted by Gasteiger charge is 2.17. The van der Waals surface area contributed by atoms with Gasteiger partial charge in [0, 0.05) is 36.8 Å². The lowest BCUT2D eigenvalue weighted by atomic mass is 9.93. The maximum absolute atomic E-state index is 4.71. The summed E-state index contributed by atoms with van der Waals surface area (Å²) in [5, 5.41) is 12.9. The number of thiazole rings is 2. The van der Waals surface area contributed by atoms with Gasteiger partial charge in [0.15, 0.2) is 11.1 Å². The van der Waals surface area contributed by atoms with E-state index >= 15 is 0 Å². The van der Waals surface area contributed by atoms with Crippen molar-refractivity contribution in [3.63, 3.8) is 0 Å². The molecule has 0 aliphatic heterocycles. The Balaban J connectivity index is 1.96. The molecule has 2 N–H and O–H groups in total. The standard InChI is InChI=1S/C17H28N6S2/c1-7-18-15(19-8-12-10-25-16(21-12)23(5)6)20-9-14-22-13(11-24-14)17(2,3)4/h10-11H,7-9H2,1-6H3,(H2,18,19,20). The molecular weight excluding hydrogens is 352 g/mol. The Hall–Kier alpha value is -1.67. The van der Waals surface area contributed by atoms with Crippen LogP contribution in [0.15, 0.2) is 15.8 Å². The molecule has 8 heteroatoms. The summed E-state index contributed by atoms with van der Waals surface area (Å²) in [5.74, 6) is 0.786. The Morgan fingerprint density at radius 1 is 1.16 bits per heavy atom. The molecule has 25 heavy (non-hydrogen) atoms. The van der Waals surface area contributed by atoms with Crippen LogP contribution in [0, 0.1) is 0 Å². The van der Waals surface area contributed by atoms with Crippen LogP contribution in [0.1, 0.15) is 44.1 Å². The first kappa shape index (κ1) is 19.7. The van der Waals surface area contributed by atoms with E-state index in [1.165, 1.54) is 0 Å². The summed E-state index contributed by atoms with van der Waals surface area (Å²) < 4.78 is 0. The first-order chi connectivity index (χ1) is 11.8. The zero-order chi connectivity index (χ0) is 18.4. The molecule has 0 atom stereocenters. The summed E-state index contributed by atoms with van der Waals surface area (Å²) in [5.41, 5.74) is 2.20. The van der Waals surface area contributed by atoms with Crippen molar-refractivity contribution in [3.8, 4) is 0 Å². The third kappa shape index (κ3) is 5.97. The monoisotopic (exact) mass is 380 g/mol. The highest BCUT2D eigenvalue weighted by atomic mass is 32.1. The van der Waals surface area contributed by atoms with Crippen LogP contribution in [0.2, 0.25) is 0 Å². The molecule has 0 aliphatic rings. The van der Waals surface area contributed by atoms with Crippen LogP contribution >= 0.6 is 22.7 Å². The average Bonchev–Trinajstić information content (AvgIpc) is 3.18. The van der Waals surface area contributed by atoms with E-state index in [4.69, 9.17) is 4.98 Å². The first-order valence-electron chi connectivity index (χ1n) is 8.38. The largest absolute Gasteiger partial charge is 0.357 e. The van der Waals surface area contributed by atoms with Crippen molar-refractivity contribution in [3.05, 3.63) is 27.2 Å². The molecular formula is C17H28N6S2. The summed E-state index contributed by atoms with van der Waals surface area (Å²) in [6.45, 7) is 10.7. The molecule has 0 aromatic carbocycles. The Morgan fingerprint density at radius 3 is 2.48 bits per heavy atom. The molecule has 0 saturated carbocycles. The van der Waals surface area contributed by atoms with Crippen molar-refractivity contribution in [1.29, 1.82) is 0 Å². The molecule has 6 nitrogen and oxygen atoms in total. The number of anilines is 1. The van der Waals surface area contributed by atoms with E-state index in [0.717, 1.165) is 34.0 Å². The van der Waals surface area contributed by atoms with Crippen LogP contribution in [0.4, 0.5) is 5.13 Å². The Bertz CT molecular complexity index is 696. The molecule has 0 bridgehead atoms. The second kappa shape index (κ2) is 8.62. The molecule has 0 spiro atoms. The second-order valence-corrected chi connectivity index (χ2v) is 8.72. The molecule has 2 heterocycles. The van der Waals surface area contributed by atoms with E-state index in [-0.39, 0.29) is 5.41 Å². The van der Waals surface area contributed by atoms with Crippen molar-refractivity contribution >= 4 is 33.8 Å². The van der Waals surface area contributed by atoms with Gasteiger partial charge in [-0.1, -0.05) is 20.8 Å². The van der Waals surface area contributed by atoms with E-state index in [9.17, 15) is 0 Å². The molecule has 0 aliphatic carbocycles. The van der Waals surface area contributed by atoms with Gasteiger partial charge in [0.2, 0.25) is 0 Å². The number of aliphatic imine (C=N–C) groups is 1. The zero-order valence-electron chi connectivity index (χ0n) is 15.9. The quantitative estimate of drug-likeness (QED) is 0.595. The Labute approximate surface area is 158 Å². The molecule has 0 fully saturated rings. The minimum absolute atomic E-state index is 0.0854. The van der Waals surface area contributed by atoms with Gasteiger partial charge < -0.3 is 15.5 Å². The minimum Gasteiger partial charge on any atom is -0.357 e. The van der Waals surface area contributed by atoms with E-state index in [2.05, 4.69) is 59.1 Å². The van der Waals surface area contributed by atoms with E-state index < -0.39 is 0 Å². The third-order valence-electron chi connectivity index (χ3n) is 3.39. The number of nitrogens with zero attached hydrogens (tertiary/aromatic N) is 4. The highest BCUT2D eigenvalue weighted by Crippen LogP contribution is 2.23.